The fourth-order valence-electron chi connectivity index (χ4n) is 1.81. The maximum absolute atomic E-state index is 10.4. The predicted octanol–water partition coefficient (Wildman–Crippen LogP) is 2.17. The molecule has 1 aromatic carbocycles. The first-order valence-corrected chi connectivity index (χ1v) is 6.96. The number of hydrogen-bond acceptors (Lipinski definition) is 4. The maximum atomic E-state index is 10.4. The quantitative estimate of drug-likeness (QED) is 0.810. The van der Waals surface area contributed by atoms with Crippen molar-refractivity contribution in [2.75, 3.05) is 19.8 Å². The van der Waals surface area contributed by atoms with Crippen molar-refractivity contribution in [1.82, 2.24) is 5.32 Å². The van der Waals surface area contributed by atoms with Crippen molar-refractivity contribution in [2.24, 2.45) is 0 Å². The van der Waals surface area contributed by atoms with E-state index in [9.17, 15) is 4.79 Å². The van der Waals surface area contributed by atoms with Crippen LogP contribution in [-0.4, -0.2) is 30.8 Å². The molecule has 2 N–H and O–H groups in total. The summed E-state index contributed by atoms with van der Waals surface area (Å²) in [6.45, 7) is 2.35. The summed E-state index contributed by atoms with van der Waals surface area (Å²) < 4.78 is 12.1. The van der Waals surface area contributed by atoms with Crippen molar-refractivity contribution >= 4 is 21.9 Å². The number of nitrogens with one attached hydrogen (secondary N) is 1. The van der Waals surface area contributed by atoms with Gasteiger partial charge < -0.3 is 19.9 Å². The molecule has 5 nitrogen and oxygen atoms in total. The summed E-state index contributed by atoms with van der Waals surface area (Å²) in [5, 5.41) is 11.6. The Morgan fingerprint density at radius 3 is 2.95 bits per heavy atom. The largest absolute Gasteiger partial charge is 0.490 e. The fraction of sp³-hybridized carbons (Fsp3) is 0.462. The van der Waals surface area contributed by atoms with Crippen molar-refractivity contribution in [3.8, 4) is 11.5 Å². The fourth-order valence-corrected chi connectivity index (χ4v) is 2.42. The van der Waals surface area contributed by atoms with Gasteiger partial charge >= 0.3 is 5.97 Å². The van der Waals surface area contributed by atoms with Crippen LogP contribution in [0.15, 0.2) is 16.6 Å². The summed E-state index contributed by atoms with van der Waals surface area (Å²) in [4.78, 5) is 10.4. The van der Waals surface area contributed by atoms with E-state index < -0.39 is 5.97 Å². The van der Waals surface area contributed by atoms with Crippen LogP contribution in [0.5, 0.6) is 11.5 Å². The van der Waals surface area contributed by atoms with E-state index in [2.05, 4.69) is 21.2 Å². The highest BCUT2D eigenvalue weighted by molar-refractivity contribution is 9.10. The van der Waals surface area contributed by atoms with Crippen LogP contribution in [0.3, 0.4) is 0 Å². The van der Waals surface area contributed by atoms with Crippen LogP contribution in [0.4, 0.5) is 0 Å². The van der Waals surface area contributed by atoms with Crippen molar-refractivity contribution in [3.63, 3.8) is 0 Å². The number of benzene rings is 1. The number of halogens is 1. The van der Waals surface area contributed by atoms with Gasteiger partial charge in [-0.2, -0.15) is 0 Å². The lowest BCUT2D eigenvalue weighted by Gasteiger charge is -2.12. The highest BCUT2D eigenvalue weighted by Crippen LogP contribution is 2.38. The van der Waals surface area contributed by atoms with Gasteiger partial charge in [0.2, 0.25) is 0 Å². The first kappa shape index (κ1) is 14.1. The summed E-state index contributed by atoms with van der Waals surface area (Å²) in [6.07, 6.45) is 0.985. The predicted molar refractivity (Wildman–Crippen MR) is 73.7 cm³/mol. The molecule has 0 saturated carbocycles. The second-order valence-corrected chi connectivity index (χ2v) is 5.13. The van der Waals surface area contributed by atoms with Gasteiger partial charge in [0.25, 0.3) is 0 Å². The van der Waals surface area contributed by atoms with E-state index in [0.717, 1.165) is 28.0 Å². The Hall–Kier alpha value is -1.27. The third kappa shape index (κ3) is 4.11. The van der Waals surface area contributed by atoms with E-state index in [1.54, 1.807) is 0 Å². The van der Waals surface area contributed by atoms with Gasteiger partial charge in [0.15, 0.2) is 11.5 Å². The molecule has 0 unspecified atom stereocenters. The first-order chi connectivity index (χ1) is 9.16. The molecule has 0 saturated heterocycles. The van der Waals surface area contributed by atoms with E-state index in [1.807, 2.05) is 12.1 Å². The zero-order valence-electron chi connectivity index (χ0n) is 10.4. The van der Waals surface area contributed by atoms with Crippen LogP contribution in [0, 0.1) is 0 Å². The number of hydrogen-bond donors (Lipinski definition) is 2. The van der Waals surface area contributed by atoms with Crippen molar-refractivity contribution in [2.45, 2.75) is 19.4 Å². The molecule has 0 aliphatic carbocycles. The molecular formula is C13H16BrNO4. The molecule has 0 amide bonds. The zero-order valence-corrected chi connectivity index (χ0v) is 12.0. The van der Waals surface area contributed by atoms with Gasteiger partial charge in [-0.05, 0) is 33.6 Å². The number of aliphatic carboxylic acids is 1. The number of carboxylic acid groups (broad SMARTS) is 1. The summed E-state index contributed by atoms with van der Waals surface area (Å²) >= 11 is 3.47. The number of ether oxygens (including phenoxy) is 2. The van der Waals surface area contributed by atoms with Gasteiger partial charge in [0.05, 0.1) is 24.1 Å². The van der Waals surface area contributed by atoms with Gasteiger partial charge in [-0.25, -0.2) is 0 Å². The molecule has 6 heteroatoms. The smallest absolute Gasteiger partial charge is 0.304 e. The van der Waals surface area contributed by atoms with Crippen LogP contribution >= 0.6 is 15.9 Å². The average Bonchev–Trinajstić information content (AvgIpc) is 2.60. The molecule has 1 aromatic rings. The highest BCUT2D eigenvalue weighted by Gasteiger charge is 2.15. The number of carboxylic acids is 1. The van der Waals surface area contributed by atoms with Gasteiger partial charge in [0.1, 0.15) is 0 Å². The van der Waals surface area contributed by atoms with Crippen LogP contribution < -0.4 is 14.8 Å². The van der Waals surface area contributed by atoms with E-state index in [4.69, 9.17) is 14.6 Å². The molecule has 0 aromatic heterocycles. The minimum absolute atomic E-state index is 0.117. The molecule has 19 heavy (non-hydrogen) atoms. The summed E-state index contributed by atoms with van der Waals surface area (Å²) in [5.41, 5.74) is 1.03. The van der Waals surface area contributed by atoms with E-state index in [-0.39, 0.29) is 6.42 Å². The average molecular weight is 330 g/mol. The standard InChI is InChI=1S/C13H16BrNO4/c14-10-6-9(8-15-3-2-12(16)17)7-11-13(10)19-5-1-4-18-11/h6-7,15H,1-5,8H2,(H,16,17). The lowest BCUT2D eigenvalue weighted by Crippen LogP contribution is -2.17. The van der Waals surface area contributed by atoms with E-state index in [0.29, 0.717) is 26.3 Å². The van der Waals surface area contributed by atoms with Crippen molar-refractivity contribution in [3.05, 3.63) is 22.2 Å². The molecule has 0 bridgehead atoms. The molecule has 0 atom stereocenters. The monoisotopic (exact) mass is 329 g/mol. The molecule has 0 fully saturated rings. The Morgan fingerprint density at radius 1 is 1.37 bits per heavy atom. The Morgan fingerprint density at radius 2 is 2.16 bits per heavy atom. The molecule has 104 valence electrons. The van der Waals surface area contributed by atoms with Crippen molar-refractivity contribution in [1.29, 1.82) is 0 Å². The maximum Gasteiger partial charge on any atom is 0.304 e. The number of fused-ring (bicyclic) bond motifs is 1. The zero-order chi connectivity index (χ0) is 13.7. The molecule has 1 aliphatic heterocycles. The lowest BCUT2D eigenvalue weighted by atomic mass is 10.2. The third-order valence-corrected chi connectivity index (χ3v) is 3.30. The topological polar surface area (TPSA) is 67.8 Å². The van der Waals surface area contributed by atoms with Crippen LogP contribution in [0.25, 0.3) is 0 Å². The van der Waals surface area contributed by atoms with Gasteiger partial charge in [-0.15, -0.1) is 0 Å². The third-order valence-electron chi connectivity index (χ3n) is 2.71. The van der Waals surface area contributed by atoms with Crippen LogP contribution in [0.1, 0.15) is 18.4 Å². The number of rotatable bonds is 5. The first-order valence-electron chi connectivity index (χ1n) is 6.17. The van der Waals surface area contributed by atoms with Gasteiger partial charge in [0, 0.05) is 19.5 Å². The SMILES string of the molecule is O=C(O)CCNCc1cc(Br)c2c(c1)OCCCO2. The van der Waals surface area contributed by atoms with E-state index >= 15 is 0 Å². The highest BCUT2D eigenvalue weighted by atomic mass is 79.9. The summed E-state index contributed by atoms with van der Waals surface area (Å²) in [7, 11) is 0. The molecule has 0 spiro atoms. The second kappa shape index (κ2) is 6.77. The Labute approximate surface area is 120 Å². The van der Waals surface area contributed by atoms with Crippen LogP contribution in [-0.2, 0) is 11.3 Å². The Bertz CT molecular complexity index is 464. The molecule has 1 aliphatic rings. The molecular weight excluding hydrogens is 314 g/mol. The van der Waals surface area contributed by atoms with E-state index in [1.165, 1.54) is 0 Å². The van der Waals surface area contributed by atoms with Crippen LogP contribution in [0.2, 0.25) is 0 Å². The summed E-state index contributed by atoms with van der Waals surface area (Å²) in [5.74, 6) is 0.682. The molecule has 1 heterocycles. The molecule has 0 radical (unpaired) electrons. The lowest BCUT2D eigenvalue weighted by molar-refractivity contribution is -0.136. The van der Waals surface area contributed by atoms with Crippen molar-refractivity contribution < 1.29 is 19.4 Å². The van der Waals surface area contributed by atoms with Gasteiger partial charge in [-0.3, -0.25) is 4.79 Å². The molecule has 2 rings (SSSR count). The number of carbonyl (C=O) groups is 1. The minimum Gasteiger partial charge on any atom is -0.490 e. The normalized spacial score (nSPS) is 13.9. The van der Waals surface area contributed by atoms with Gasteiger partial charge in [-0.1, -0.05) is 0 Å². The Balaban J connectivity index is 2.00. The minimum atomic E-state index is -0.799. The summed E-state index contributed by atoms with van der Waals surface area (Å²) in [6, 6.07) is 3.89. The Kier molecular flexibility index (Phi) is 5.04. The second-order valence-electron chi connectivity index (χ2n) is 4.28.